The molecule has 0 aliphatic carbocycles. The number of benzene rings is 3. The molecule has 0 radical (unpaired) electrons. The molecule has 0 atom stereocenters. The molecule has 0 aromatic heterocycles. The Kier molecular flexibility index (Phi) is 9.04. The van der Waals surface area contributed by atoms with Gasteiger partial charge in [-0.1, -0.05) is 69.3 Å². The van der Waals surface area contributed by atoms with Crippen molar-refractivity contribution in [3.63, 3.8) is 0 Å². The van der Waals surface area contributed by atoms with Crippen LogP contribution in [0.2, 0.25) is 0 Å². The van der Waals surface area contributed by atoms with Crippen LogP contribution in [0.3, 0.4) is 0 Å². The highest BCUT2D eigenvalue weighted by atomic mass is 32.2. The number of sulfonamides is 1. The van der Waals surface area contributed by atoms with Crippen molar-refractivity contribution >= 4 is 27.5 Å². The number of hydrogen-bond donors (Lipinski definition) is 1. The SMILES string of the molecule is COc1ccccc1CCNC(=O)CN1CN(c2ccccc2)C2(CCN(S(=O)(=O)c3ccc(C(C)(C)C)cc3)CC2)C1=O. The van der Waals surface area contributed by atoms with Gasteiger partial charge < -0.3 is 19.9 Å². The largest absolute Gasteiger partial charge is 0.496 e. The van der Waals surface area contributed by atoms with Crippen LogP contribution >= 0.6 is 0 Å². The van der Waals surface area contributed by atoms with E-state index in [1.807, 2.05) is 71.6 Å². The molecule has 1 N–H and O–H groups in total. The summed E-state index contributed by atoms with van der Waals surface area (Å²) in [4.78, 5) is 30.9. The zero-order valence-electron chi connectivity index (χ0n) is 26.0. The number of nitrogens with one attached hydrogen (secondary N) is 1. The lowest BCUT2D eigenvalue weighted by Crippen LogP contribution is -2.57. The molecule has 2 aliphatic rings. The fourth-order valence-corrected chi connectivity index (χ4v) is 7.61. The Balaban J connectivity index is 1.28. The van der Waals surface area contributed by atoms with Crippen LogP contribution < -0.4 is 15.0 Å². The van der Waals surface area contributed by atoms with Gasteiger partial charge in [0.1, 0.15) is 17.8 Å². The van der Waals surface area contributed by atoms with Crippen molar-refractivity contribution in [3.05, 3.63) is 90.0 Å². The second kappa shape index (κ2) is 12.6. The minimum Gasteiger partial charge on any atom is -0.496 e. The Morgan fingerprint density at radius 1 is 0.932 bits per heavy atom. The Bertz CT molecular complexity index is 1580. The first-order chi connectivity index (χ1) is 21.0. The number of amides is 2. The van der Waals surface area contributed by atoms with Gasteiger partial charge in [0.2, 0.25) is 21.8 Å². The van der Waals surface area contributed by atoms with Crippen LogP contribution in [0.5, 0.6) is 5.75 Å². The fourth-order valence-electron chi connectivity index (χ4n) is 6.17. The predicted molar refractivity (Wildman–Crippen MR) is 171 cm³/mol. The lowest BCUT2D eigenvalue weighted by Gasteiger charge is -2.42. The van der Waals surface area contributed by atoms with Crippen molar-refractivity contribution in [1.82, 2.24) is 14.5 Å². The van der Waals surface area contributed by atoms with Crippen molar-refractivity contribution in [2.24, 2.45) is 0 Å². The standard InChI is InChI=1S/C34H42N4O5S/c1-33(2,3)27-14-16-29(17-15-27)44(41,42)37-22-19-34(20-23-37)32(40)36(25-38(34)28-11-6-5-7-12-28)24-31(39)35-21-18-26-10-8-9-13-30(26)43-4/h5-17H,18-25H2,1-4H3,(H,35,39). The van der Waals surface area contributed by atoms with Gasteiger partial charge in [-0.2, -0.15) is 4.31 Å². The Morgan fingerprint density at radius 3 is 2.20 bits per heavy atom. The summed E-state index contributed by atoms with van der Waals surface area (Å²) >= 11 is 0. The topological polar surface area (TPSA) is 99.3 Å². The molecule has 2 aliphatic heterocycles. The third-order valence-corrected chi connectivity index (χ3v) is 10.6. The molecule has 9 nitrogen and oxygen atoms in total. The molecule has 2 heterocycles. The number of carbonyl (C=O) groups is 2. The molecule has 3 aromatic carbocycles. The Labute approximate surface area is 260 Å². The first kappa shape index (κ1) is 31.5. The van der Waals surface area contributed by atoms with E-state index in [0.717, 1.165) is 22.6 Å². The van der Waals surface area contributed by atoms with Gasteiger partial charge in [0, 0.05) is 25.3 Å². The molecule has 3 aromatic rings. The van der Waals surface area contributed by atoms with Gasteiger partial charge in [-0.25, -0.2) is 8.42 Å². The van der Waals surface area contributed by atoms with Crippen LogP contribution in [0.25, 0.3) is 0 Å². The van der Waals surface area contributed by atoms with Gasteiger partial charge in [0.15, 0.2) is 0 Å². The summed E-state index contributed by atoms with van der Waals surface area (Å²) in [7, 11) is -2.10. The summed E-state index contributed by atoms with van der Waals surface area (Å²) < 4.78 is 34.1. The highest BCUT2D eigenvalue weighted by Gasteiger charge is 2.55. The average molecular weight is 619 g/mol. The van der Waals surface area contributed by atoms with Gasteiger partial charge in [-0.3, -0.25) is 9.59 Å². The summed E-state index contributed by atoms with van der Waals surface area (Å²) in [5.74, 6) is 0.386. The lowest BCUT2D eigenvalue weighted by atomic mass is 9.86. The molecule has 0 bridgehead atoms. The summed E-state index contributed by atoms with van der Waals surface area (Å²) in [6.45, 7) is 7.28. The van der Waals surface area contributed by atoms with Crippen molar-refractivity contribution in [1.29, 1.82) is 0 Å². The monoisotopic (exact) mass is 618 g/mol. The summed E-state index contributed by atoms with van der Waals surface area (Å²) in [6.07, 6.45) is 1.25. The predicted octanol–water partition coefficient (Wildman–Crippen LogP) is 4.18. The van der Waals surface area contributed by atoms with Crippen LogP contribution in [0.4, 0.5) is 5.69 Å². The number of hydrogen-bond acceptors (Lipinski definition) is 6. The number of methoxy groups -OCH3 is 1. The smallest absolute Gasteiger partial charge is 0.250 e. The first-order valence-corrected chi connectivity index (χ1v) is 16.5. The van der Waals surface area contributed by atoms with Crippen LogP contribution in [0, 0.1) is 0 Å². The average Bonchev–Trinajstić information content (AvgIpc) is 3.27. The molecular weight excluding hydrogens is 576 g/mol. The molecule has 2 amide bonds. The highest BCUT2D eigenvalue weighted by Crippen LogP contribution is 2.40. The Hall–Kier alpha value is -3.89. The summed E-state index contributed by atoms with van der Waals surface area (Å²) in [5, 5.41) is 2.94. The van der Waals surface area contributed by atoms with E-state index in [4.69, 9.17) is 4.74 Å². The van der Waals surface area contributed by atoms with E-state index in [9.17, 15) is 18.0 Å². The maximum absolute atomic E-state index is 14.1. The zero-order chi connectivity index (χ0) is 31.5. The molecule has 234 valence electrons. The maximum atomic E-state index is 14.1. The molecule has 0 unspecified atom stereocenters. The second-order valence-electron chi connectivity index (χ2n) is 12.5. The maximum Gasteiger partial charge on any atom is 0.250 e. The fraction of sp³-hybridized carbons (Fsp3) is 0.412. The molecule has 2 fully saturated rings. The third-order valence-electron chi connectivity index (χ3n) is 8.73. The van der Waals surface area contributed by atoms with Gasteiger partial charge in [-0.15, -0.1) is 0 Å². The van der Waals surface area contributed by atoms with E-state index < -0.39 is 15.6 Å². The number of rotatable bonds is 9. The van der Waals surface area contributed by atoms with E-state index in [1.165, 1.54) is 4.31 Å². The van der Waals surface area contributed by atoms with Crippen molar-refractivity contribution in [2.45, 2.75) is 55.9 Å². The van der Waals surface area contributed by atoms with Crippen LogP contribution in [0.15, 0.2) is 83.8 Å². The minimum atomic E-state index is -3.72. The highest BCUT2D eigenvalue weighted by molar-refractivity contribution is 7.89. The van der Waals surface area contributed by atoms with Crippen LogP contribution in [-0.4, -0.2) is 74.9 Å². The number of piperidine rings is 1. The van der Waals surface area contributed by atoms with E-state index in [1.54, 1.807) is 24.1 Å². The zero-order valence-corrected chi connectivity index (χ0v) is 26.8. The number of ether oxygens (including phenoxy) is 1. The van der Waals surface area contributed by atoms with Crippen LogP contribution in [-0.2, 0) is 31.4 Å². The van der Waals surface area contributed by atoms with E-state index in [2.05, 4.69) is 26.1 Å². The van der Waals surface area contributed by atoms with Crippen molar-refractivity contribution in [3.8, 4) is 5.75 Å². The normalized spacial score (nSPS) is 17.2. The Morgan fingerprint density at radius 2 is 1.57 bits per heavy atom. The molecule has 10 heteroatoms. The van der Waals surface area contributed by atoms with E-state index in [0.29, 0.717) is 25.8 Å². The molecule has 1 spiro atoms. The van der Waals surface area contributed by atoms with Crippen molar-refractivity contribution in [2.75, 3.05) is 44.9 Å². The van der Waals surface area contributed by atoms with Gasteiger partial charge in [-0.05, 0) is 66.1 Å². The number of nitrogens with zero attached hydrogens (tertiary/aromatic N) is 3. The second-order valence-corrected chi connectivity index (χ2v) is 14.5. The first-order valence-electron chi connectivity index (χ1n) is 15.1. The number of anilines is 1. The van der Waals surface area contributed by atoms with Crippen LogP contribution in [0.1, 0.15) is 44.7 Å². The molecule has 44 heavy (non-hydrogen) atoms. The quantitative estimate of drug-likeness (QED) is 0.387. The molecule has 0 saturated carbocycles. The molecular formula is C34H42N4O5S. The van der Waals surface area contributed by atoms with Gasteiger partial charge in [0.25, 0.3) is 0 Å². The summed E-state index contributed by atoms with van der Waals surface area (Å²) in [6, 6.07) is 24.4. The lowest BCUT2D eigenvalue weighted by molar-refractivity contribution is -0.137. The van der Waals surface area contributed by atoms with Crippen molar-refractivity contribution < 1.29 is 22.7 Å². The van der Waals surface area contributed by atoms with E-state index in [-0.39, 0.29) is 48.4 Å². The number of para-hydroxylation sites is 2. The summed E-state index contributed by atoms with van der Waals surface area (Å²) in [5.41, 5.74) is 1.92. The molecule has 5 rings (SSSR count). The van der Waals surface area contributed by atoms with Gasteiger partial charge >= 0.3 is 0 Å². The molecule has 2 saturated heterocycles. The minimum absolute atomic E-state index is 0.0714. The number of carbonyl (C=O) groups excluding carboxylic acids is 2. The van der Waals surface area contributed by atoms with Gasteiger partial charge in [0.05, 0.1) is 18.7 Å². The van der Waals surface area contributed by atoms with E-state index >= 15 is 0 Å². The third kappa shape index (κ3) is 6.32.